The zero-order chi connectivity index (χ0) is 17.3. The van der Waals surface area contributed by atoms with Gasteiger partial charge in [-0.05, 0) is 43.9 Å². The minimum atomic E-state index is -0.157. The fourth-order valence-electron chi connectivity index (χ4n) is 3.21. The fraction of sp³-hybridized carbons (Fsp3) is 0.556. The number of likely N-dealkylation sites (tertiary alicyclic amines) is 1. The van der Waals surface area contributed by atoms with Gasteiger partial charge in [-0.1, -0.05) is 11.6 Å². The quantitative estimate of drug-likeness (QED) is 0.909. The van der Waals surface area contributed by atoms with Gasteiger partial charge in [0.05, 0.1) is 17.3 Å². The van der Waals surface area contributed by atoms with Crippen molar-refractivity contribution in [2.24, 2.45) is 11.8 Å². The summed E-state index contributed by atoms with van der Waals surface area (Å²) in [6.07, 6.45) is 3.70. The molecule has 1 saturated carbocycles. The van der Waals surface area contributed by atoms with Gasteiger partial charge in [-0.3, -0.25) is 9.59 Å². The SMILES string of the molecule is CN(C)c1ccc(Cl)cc1NC(=O)C1CCCN(C(=O)C2CC2)C1. The monoisotopic (exact) mass is 349 g/mol. The zero-order valence-electron chi connectivity index (χ0n) is 14.2. The normalized spacial score (nSPS) is 20.6. The first-order valence-electron chi connectivity index (χ1n) is 8.52. The van der Waals surface area contributed by atoms with Crippen LogP contribution in [0.3, 0.4) is 0 Å². The second kappa shape index (κ2) is 7.01. The van der Waals surface area contributed by atoms with Crippen LogP contribution in [-0.2, 0) is 9.59 Å². The molecule has 2 aliphatic rings. The van der Waals surface area contributed by atoms with Crippen LogP contribution < -0.4 is 10.2 Å². The number of piperidine rings is 1. The summed E-state index contributed by atoms with van der Waals surface area (Å²) in [5, 5.41) is 3.59. The Morgan fingerprint density at radius 1 is 1.21 bits per heavy atom. The minimum absolute atomic E-state index is 0.0336. The van der Waals surface area contributed by atoms with E-state index in [1.807, 2.05) is 36.0 Å². The summed E-state index contributed by atoms with van der Waals surface area (Å²) < 4.78 is 0. The highest BCUT2D eigenvalue weighted by Gasteiger charge is 2.36. The van der Waals surface area contributed by atoms with Crippen molar-refractivity contribution in [3.63, 3.8) is 0 Å². The topological polar surface area (TPSA) is 52.7 Å². The number of hydrogen-bond acceptors (Lipinski definition) is 3. The van der Waals surface area contributed by atoms with Crippen molar-refractivity contribution in [1.82, 2.24) is 4.90 Å². The molecule has 5 nitrogen and oxygen atoms in total. The Morgan fingerprint density at radius 3 is 2.62 bits per heavy atom. The van der Waals surface area contributed by atoms with Gasteiger partial charge in [-0.2, -0.15) is 0 Å². The summed E-state index contributed by atoms with van der Waals surface area (Å²) in [4.78, 5) is 28.8. The average Bonchev–Trinajstić information content (AvgIpc) is 3.39. The maximum atomic E-state index is 12.7. The first-order valence-corrected chi connectivity index (χ1v) is 8.90. The van der Waals surface area contributed by atoms with E-state index in [0.29, 0.717) is 17.3 Å². The lowest BCUT2D eigenvalue weighted by Gasteiger charge is -2.32. The van der Waals surface area contributed by atoms with E-state index >= 15 is 0 Å². The largest absolute Gasteiger partial charge is 0.376 e. The molecule has 0 radical (unpaired) electrons. The van der Waals surface area contributed by atoms with E-state index in [4.69, 9.17) is 11.6 Å². The number of halogens is 1. The van der Waals surface area contributed by atoms with Crippen LogP contribution in [0, 0.1) is 11.8 Å². The lowest BCUT2D eigenvalue weighted by atomic mass is 9.96. The summed E-state index contributed by atoms with van der Waals surface area (Å²) in [6, 6.07) is 5.47. The first kappa shape index (κ1) is 17.1. The Labute approximate surface area is 147 Å². The second-order valence-corrected chi connectivity index (χ2v) is 7.38. The van der Waals surface area contributed by atoms with Crippen LogP contribution in [0.2, 0.25) is 5.02 Å². The van der Waals surface area contributed by atoms with E-state index in [9.17, 15) is 9.59 Å². The van der Waals surface area contributed by atoms with E-state index < -0.39 is 0 Å². The number of amides is 2. The molecule has 6 heteroatoms. The van der Waals surface area contributed by atoms with E-state index in [2.05, 4.69) is 5.32 Å². The average molecular weight is 350 g/mol. The second-order valence-electron chi connectivity index (χ2n) is 6.94. The third-order valence-corrected chi connectivity index (χ3v) is 4.96. The molecule has 2 amide bonds. The molecule has 1 saturated heterocycles. The Bertz CT molecular complexity index is 643. The Hall–Kier alpha value is -1.75. The maximum Gasteiger partial charge on any atom is 0.229 e. The predicted molar refractivity (Wildman–Crippen MR) is 96.4 cm³/mol. The summed E-state index contributed by atoms with van der Waals surface area (Å²) in [7, 11) is 3.85. The fourth-order valence-corrected chi connectivity index (χ4v) is 3.39. The highest BCUT2D eigenvalue weighted by atomic mass is 35.5. The highest BCUT2D eigenvalue weighted by Crippen LogP contribution is 2.33. The number of carbonyl (C=O) groups excluding carboxylic acids is 2. The summed E-state index contributed by atoms with van der Waals surface area (Å²) in [6.45, 7) is 1.30. The van der Waals surface area contributed by atoms with Crippen LogP contribution in [0.25, 0.3) is 0 Å². The highest BCUT2D eigenvalue weighted by molar-refractivity contribution is 6.31. The Morgan fingerprint density at radius 2 is 1.96 bits per heavy atom. The van der Waals surface area contributed by atoms with Crippen LogP contribution in [0.5, 0.6) is 0 Å². The van der Waals surface area contributed by atoms with Crippen LogP contribution >= 0.6 is 11.6 Å². The lowest BCUT2D eigenvalue weighted by molar-refractivity contribution is -0.135. The molecule has 1 atom stereocenters. The van der Waals surface area contributed by atoms with Crippen LogP contribution in [0.15, 0.2) is 18.2 Å². The molecule has 1 unspecified atom stereocenters. The molecule has 1 N–H and O–H groups in total. The number of hydrogen-bond donors (Lipinski definition) is 1. The van der Waals surface area contributed by atoms with Crippen LogP contribution in [-0.4, -0.2) is 43.9 Å². The lowest BCUT2D eigenvalue weighted by Crippen LogP contribution is -2.44. The molecule has 1 aromatic carbocycles. The van der Waals surface area contributed by atoms with Crippen molar-refractivity contribution in [1.29, 1.82) is 0 Å². The molecule has 1 heterocycles. The van der Waals surface area contributed by atoms with Gasteiger partial charge < -0.3 is 15.1 Å². The third kappa shape index (κ3) is 3.83. The van der Waals surface area contributed by atoms with E-state index in [-0.39, 0.29) is 23.7 Å². The summed E-state index contributed by atoms with van der Waals surface area (Å²) >= 11 is 6.07. The first-order chi connectivity index (χ1) is 11.5. The Kier molecular flexibility index (Phi) is 4.99. The molecule has 1 aliphatic carbocycles. The smallest absolute Gasteiger partial charge is 0.229 e. The molecule has 0 aromatic heterocycles. The maximum absolute atomic E-state index is 12.7. The van der Waals surface area contributed by atoms with Gasteiger partial charge in [-0.15, -0.1) is 0 Å². The van der Waals surface area contributed by atoms with Gasteiger partial charge in [-0.25, -0.2) is 0 Å². The van der Waals surface area contributed by atoms with Crippen molar-refractivity contribution in [3.8, 4) is 0 Å². The van der Waals surface area contributed by atoms with Gasteiger partial charge in [0.25, 0.3) is 0 Å². The van der Waals surface area contributed by atoms with Gasteiger partial charge in [0, 0.05) is 38.1 Å². The molecule has 2 fully saturated rings. The summed E-state index contributed by atoms with van der Waals surface area (Å²) in [5.74, 6) is 0.244. The van der Waals surface area contributed by atoms with Gasteiger partial charge in [0.15, 0.2) is 0 Å². The molecular weight excluding hydrogens is 326 g/mol. The van der Waals surface area contributed by atoms with Crippen molar-refractivity contribution >= 4 is 34.8 Å². The molecule has 3 rings (SSSR count). The summed E-state index contributed by atoms with van der Waals surface area (Å²) in [5.41, 5.74) is 1.62. The zero-order valence-corrected chi connectivity index (χ0v) is 15.0. The number of nitrogens with one attached hydrogen (secondary N) is 1. The molecule has 1 aromatic rings. The molecule has 24 heavy (non-hydrogen) atoms. The molecule has 1 aliphatic heterocycles. The predicted octanol–water partition coefficient (Wildman–Crippen LogP) is 2.99. The van der Waals surface area contributed by atoms with E-state index in [1.54, 1.807) is 6.07 Å². The number of anilines is 2. The standard InChI is InChI=1S/C18H24ClN3O2/c1-21(2)16-8-7-14(19)10-15(16)20-17(23)13-4-3-9-22(11-13)18(24)12-5-6-12/h7-8,10,12-13H,3-6,9,11H2,1-2H3,(H,20,23). The molecule has 0 spiro atoms. The van der Waals surface area contributed by atoms with Crippen LogP contribution in [0.1, 0.15) is 25.7 Å². The van der Waals surface area contributed by atoms with Crippen molar-refractivity contribution in [3.05, 3.63) is 23.2 Å². The number of nitrogens with zero attached hydrogens (tertiary/aromatic N) is 2. The minimum Gasteiger partial charge on any atom is -0.376 e. The Balaban J connectivity index is 1.68. The van der Waals surface area contributed by atoms with Gasteiger partial charge in [0.2, 0.25) is 11.8 Å². The third-order valence-electron chi connectivity index (χ3n) is 4.73. The number of carbonyl (C=O) groups is 2. The molecule has 130 valence electrons. The molecule has 0 bridgehead atoms. The van der Waals surface area contributed by atoms with Crippen LogP contribution in [0.4, 0.5) is 11.4 Å². The van der Waals surface area contributed by atoms with Crippen molar-refractivity contribution in [2.75, 3.05) is 37.4 Å². The number of rotatable bonds is 4. The van der Waals surface area contributed by atoms with Gasteiger partial charge >= 0.3 is 0 Å². The molecular formula is C18H24ClN3O2. The van der Waals surface area contributed by atoms with E-state index in [0.717, 1.165) is 37.9 Å². The van der Waals surface area contributed by atoms with Gasteiger partial charge in [0.1, 0.15) is 0 Å². The van der Waals surface area contributed by atoms with Crippen molar-refractivity contribution in [2.45, 2.75) is 25.7 Å². The van der Waals surface area contributed by atoms with Crippen molar-refractivity contribution < 1.29 is 9.59 Å². The van der Waals surface area contributed by atoms with E-state index in [1.165, 1.54) is 0 Å². The number of benzene rings is 1.